The molecule has 0 saturated heterocycles. The molecule has 1 heterocycles. The number of methoxy groups -OCH3 is 1. The number of nitrogens with one attached hydrogen (secondary N) is 1. The second-order valence-electron chi connectivity index (χ2n) is 4.73. The van der Waals surface area contributed by atoms with Gasteiger partial charge in [-0.15, -0.1) is 0 Å². The molecule has 0 aliphatic heterocycles. The highest BCUT2D eigenvalue weighted by Crippen LogP contribution is 2.21. The Bertz CT molecular complexity index is 629. The molecule has 2 aromatic rings. The summed E-state index contributed by atoms with van der Waals surface area (Å²) in [5.41, 5.74) is 6.51. The maximum atomic E-state index is 12.1. The van der Waals surface area contributed by atoms with E-state index in [2.05, 4.69) is 15.5 Å². The lowest BCUT2D eigenvalue weighted by atomic mass is 10.1. The zero-order valence-corrected chi connectivity index (χ0v) is 13.0. The Kier molecular flexibility index (Phi) is 5.48. The first-order valence-corrected chi connectivity index (χ1v) is 6.99. The molecular weight excluding hydrogens is 308 g/mol. The number of aryl methyl sites for hydroxylation is 1. The maximum Gasteiger partial charge on any atom is 0.240 e. The molecule has 2 atom stereocenters. The molecule has 7 nitrogen and oxygen atoms in total. The number of carbonyl (C=O) groups is 1. The number of nitrogens with zero attached hydrogens (tertiary/aromatic N) is 2. The van der Waals surface area contributed by atoms with Crippen molar-refractivity contribution in [3.8, 4) is 0 Å². The molecule has 0 spiro atoms. The van der Waals surface area contributed by atoms with Crippen LogP contribution in [0.3, 0.4) is 0 Å². The summed E-state index contributed by atoms with van der Waals surface area (Å²) in [5.74, 6) is 0.381. The minimum atomic E-state index is -0.784. The van der Waals surface area contributed by atoms with Gasteiger partial charge in [-0.2, -0.15) is 4.98 Å². The quantitative estimate of drug-likeness (QED) is 0.828. The average molecular weight is 325 g/mol. The largest absolute Gasteiger partial charge is 0.383 e. The van der Waals surface area contributed by atoms with Gasteiger partial charge in [0.05, 0.1) is 6.61 Å². The standard InChI is InChI=1S/C14H17ClN4O3/c1-8-17-13(19-22-8)12(9-3-5-10(15)6-4-9)18-14(20)11(16)7-21-2/h3-6,11-12H,7,16H2,1-2H3,(H,18,20). The van der Waals surface area contributed by atoms with Crippen LogP contribution in [0.15, 0.2) is 28.8 Å². The normalized spacial score (nSPS) is 13.6. The summed E-state index contributed by atoms with van der Waals surface area (Å²) < 4.78 is 9.87. The van der Waals surface area contributed by atoms with Gasteiger partial charge < -0.3 is 20.3 Å². The SMILES string of the molecule is COCC(N)C(=O)NC(c1ccc(Cl)cc1)c1noc(C)n1. The number of hydrogen-bond donors (Lipinski definition) is 2. The lowest BCUT2D eigenvalue weighted by molar-refractivity contribution is -0.124. The van der Waals surface area contributed by atoms with Gasteiger partial charge in [-0.05, 0) is 17.7 Å². The Balaban J connectivity index is 2.26. The molecule has 0 radical (unpaired) electrons. The van der Waals surface area contributed by atoms with Crippen LogP contribution in [-0.4, -0.2) is 35.8 Å². The lowest BCUT2D eigenvalue weighted by Gasteiger charge is -2.18. The van der Waals surface area contributed by atoms with Gasteiger partial charge in [0.1, 0.15) is 12.1 Å². The van der Waals surface area contributed by atoms with E-state index in [-0.39, 0.29) is 12.5 Å². The van der Waals surface area contributed by atoms with Gasteiger partial charge in [-0.3, -0.25) is 4.79 Å². The summed E-state index contributed by atoms with van der Waals surface area (Å²) in [6.45, 7) is 1.79. The molecule has 1 aromatic heterocycles. The topological polar surface area (TPSA) is 103 Å². The number of nitrogens with two attached hydrogens (primary N) is 1. The summed E-state index contributed by atoms with van der Waals surface area (Å²) in [4.78, 5) is 16.3. The molecule has 0 saturated carbocycles. The third-order valence-corrected chi connectivity index (χ3v) is 3.23. The first-order valence-electron chi connectivity index (χ1n) is 6.62. The molecule has 1 aromatic carbocycles. The molecule has 0 aliphatic rings. The summed E-state index contributed by atoms with van der Waals surface area (Å²) in [7, 11) is 1.48. The van der Waals surface area contributed by atoms with E-state index in [1.807, 2.05) is 0 Å². The first kappa shape index (κ1) is 16.4. The van der Waals surface area contributed by atoms with Gasteiger partial charge in [0.2, 0.25) is 11.8 Å². The van der Waals surface area contributed by atoms with Crippen molar-refractivity contribution in [3.63, 3.8) is 0 Å². The third kappa shape index (κ3) is 4.03. The van der Waals surface area contributed by atoms with E-state index in [4.69, 9.17) is 26.6 Å². The molecule has 2 unspecified atom stereocenters. The minimum absolute atomic E-state index is 0.116. The van der Waals surface area contributed by atoms with Gasteiger partial charge in [-0.25, -0.2) is 0 Å². The van der Waals surface area contributed by atoms with Gasteiger partial charge >= 0.3 is 0 Å². The summed E-state index contributed by atoms with van der Waals surface area (Å²) in [6.07, 6.45) is 0. The summed E-state index contributed by atoms with van der Waals surface area (Å²) in [6, 6.07) is 5.63. The van der Waals surface area contributed by atoms with Crippen molar-refractivity contribution >= 4 is 17.5 Å². The zero-order chi connectivity index (χ0) is 16.1. The van der Waals surface area contributed by atoms with Crippen molar-refractivity contribution in [1.82, 2.24) is 15.5 Å². The predicted molar refractivity (Wildman–Crippen MR) is 80.3 cm³/mol. The van der Waals surface area contributed by atoms with Crippen LogP contribution in [0.4, 0.5) is 0 Å². The van der Waals surface area contributed by atoms with Crippen molar-refractivity contribution in [2.75, 3.05) is 13.7 Å². The smallest absolute Gasteiger partial charge is 0.240 e. The van der Waals surface area contributed by atoms with Gasteiger partial charge in [0.25, 0.3) is 0 Å². The zero-order valence-electron chi connectivity index (χ0n) is 12.2. The van der Waals surface area contributed by atoms with E-state index in [1.165, 1.54) is 7.11 Å². The van der Waals surface area contributed by atoms with E-state index in [0.717, 1.165) is 5.56 Å². The second-order valence-corrected chi connectivity index (χ2v) is 5.16. The fraction of sp³-hybridized carbons (Fsp3) is 0.357. The summed E-state index contributed by atoms with van der Waals surface area (Å²) in [5, 5.41) is 7.25. The molecular formula is C14H17ClN4O3. The predicted octanol–water partition coefficient (Wildman–Crippen LogP) is 1.21. The minimum Gasteiger partial charge on any atom is -0.383 e. The number of carbonyl (C=O) groups excluding carboxylic acids is 1. The van der Waals surface area contributed by atoms with Crippen LogP contribution in [-0.2, 0) is 9.53 Å². The highest BCUT2D eigenvalue weighted by molar-refractivity contribution is 6.30. The van der Waals surface area contributed by atoms with E-state index in [0.29, 0.717) is 16.7 Å². The average Bonchev–Trinajstić information content (AvgIpc) is 2.92. The summed E-state index contributed by atoms with van der Waals surface area (Å²) >= 11 is 5.89. The van der Waals surface area contributed by atoms with Crippen molar-refractivity contribution in [1.29, 1.82) is 0 Å². The monoisotopic (exact) mass is 324 g/mol. The third-order valence-electron chi connectivity index (χ3n) is 2.97. The Labute approximate surface area is 132 Å². The molecule has 0 bridgehead atoms. The van der Waals surface area contributed by atoms with Gasteiger partial charge in [0, 0.05) is 19.1 Å². The van der Waals surface area contributed by atoms with Crippen molar-refractivity contribution < 1.29 is 14.1 Å². The Morgan fingerprint density at radius 1 is 1.45 bits per heavy atom. The molecule has 0 aliphatic carbocycles. The Hall–Kier alpha value is -1.96. The fourth-order valence-electron chi connectivity index (χ4n) is 1.89. The highest BCUT2D eigenvalue weighted by Gasteiger charge is 2.24. The van der Waals surface area contributed by atoms with Crippen LogP contribution in [0, 0.1) is 6.92 Å². The van der Waals surface area contributed by atoms with Crippen LogP contribution in [0.2, 0.25) is 5.02 Å². The van der Waals surface area contributed by atoms with E-state index < -0.39 is 12.1 Å². The van der Waals surface area contributed by atoms with Crippen LogP contribution in [0.1, 0.15) is 23.3 Å². The second kappa shape index (κ2) is 7.35. The van der Waals surface area contributed by atoms with Crippen LogP contribution in [0.5, 0.6) is 0 Å². The first-order chi connectivity index (χ1) is 10.5. The molecule has 22 heavy (non-hydrogen) atoms. The molecule has 3 N–H and O–H groups in total. The van der Waals surface area contributed by atoms with E-state index in [1.54, 1.807) is 31.2 Å². The number of hydrogen-bond acceptors (Lipinski definition) is 6. The molecule has 2 rings (SSSR count). The van der Waals surface area contributed by atoms with Crippen molar-refractivity contribution in [2.24, 2.45) is 5.73 Å². The Morgan fingerprint density at radius 2 is 2.14 bits per heavy atom. The van der Waals surface area contributed by atoms with Crippen molar-refractivity contribution in [3.05, 3.63) is 46.6 Å². The van der Waals surface area contributed by atoms with Gasteiger partial charge in [0.15, 0.2) is 5.82 Å². The van der Waals surface area contributed by atoms with Crippen LogP contribution >= 0.6 is 11.6 Å². The van der Waals surface area contributed by atoms with Crippen LogP contribution < -0.4 is 11.1 Å². The lowest BCUT2D eigenvalue weighted by Crippen LogP contribution is -2.45. The Morgan fingerprint density at radius 3 is 2.68 bits per heavy atom. The number of rotatable bonds is 6. The molecule has 118 valence electrons. The number of halogens is 1. The van der Waals surface area contributed by atoms with Crippen LogP contribution in [0.25, 0.3) is 0 Å². The number of amides is 1. The maximum absolute atomic E-state index is 12.1. The van der Waals surface area contributed by atoms with Crippen molar-refractivity contribution in [2.45, 2.75) is 19.0 Å². The number of benzene rings is 1. The molecule has 1 amide bonds. The molecule has 0 fully saturated rings. The number of aromatic nitrogens is 2. The van der Waals surface area contributed by atoms with E-state index in [9.17, 15) is 4.79 Å². The van der Waals surface area contributed by atoms with E-state index >= 15 is 0 Å². The molecule has 8 heteroatoms. The highest BCUT2D eigenvalue weighted by atomic mass is 35.5. The number of ether oxygens (including phenoxy) is 1. The fourth-order valence-corrected chi connectivity index (χ4v) is 2.01. The van der Waals surface area contributed by atoms with Gasteiger partial charge in [-0.1, -0.05) is 28.9 Å².